The molecule has 2 aromatic rings. The highest BCUT2D eigenvalue weighted by atomic mass is 35.5. The summed E-state index contributed by atoms with van der Waals surface area (Å²) in [6.07, 6.45) is 0.461. The molecular formula is C17H13ClN6O5S4. The molecule has 1 unspecified atom stereocenters. The first-order valence-electron chi connectivity index (χ1n) is 9.00. The lowest BCUT2D eigenvalue weighted by molar-refractivity contribution is -0.150. The first-order chi connectivity index (χ1) is 15.9. The number of carboxylic acid groups (broad SMARTS) is 1. The molecule has 16 heteroatoms. The van der Waals surface area contributed by atoms with E-state index in [1.165, 1.54) is 45.1 Å². The van der Waals surface area contributed by atoms with Crippen LogP contribution in [0.2, 0.25) is 0 Å². The van der Waals surface area contributed by atoms with Crippen molar-refractivity contribution in [1.82, 2.24) is 25.4 Å². The molecule has 0 aliphatic carbocycles. The van der Waals surface area contributed by atoms with Crippen molar-refractivity contribution in [1.29, 1.82) is 0 Å². The van der Waals surface area contributed by atoms with Gasteiger partial charge in [0.05, 0.1) is 11.3 Å². The minimum absolute atomic E-state index is 0.0158. The zero-order chi connectivity index (χ0) is 23.5. The Morgan fingerprint density at radius 2 is 2.21 bits per heavy atom. The Balaban J connectivity index is 1.46. The predicted octanol–water partition coefficient (Wildman–Crippen LogP) is 1.67. The standard InChI is InChI=1S/C17H13ClN6O5S4/c18-1-8(9-4-31-16(21-9)19-5-25)12(26)22-10-13(27)24-11(15(28)29)7(2-30-14(10)24)3-32-17-23-20-6-33-17/h1,4-6,10,14H,2-3H2,(H,22,26)(H,28,29)(H,19,21,25)/t10?,14-/m1/s1. The van der Waals surface area contributed by atoms with E-state index in [-0.39, 0.29) is 22.1 Å². The van der Waals surface area contributed by atoms with Gasteiger partial charge in [0, 0.05) is 22.4 Å². The number of thiazole rings is 1. The molecule has 2 atom stereocenters. The van der Waals surface area contributed by atoms with Gasteiger partial charge in [-0.15, -0.1) is 33.3 Å². The van der Waals surface area contributed by atoms with Gasteiger partial charge in [-0.3, -0.25) is 19.3 Å². The monoisotopic (exact) mass is 544 g/mol. The fraction of sp³-hybridized carbons (Fsp3) is 0.235. The first-order valence-corrected chi connectivity index (χ1v) is 13.2. The molecule has 172 valence electrons. The lowest BCUT2D eigenvalue weighted by Gasteiger charge is -2.49. The molecular weight excluding hydrogens is 532 g/mol. The number of carboxylic acids is 1. The van der Waals surface area contributed by atoms with Crippen LogP contribution in [0.25, 0.3) is 5.57 Å². The zero-order valence-corrected chi connectivity index (χ0v) is 20.3. The van der Waals surface area contributed by atoms with E-state index in [1.807, 2.05) is 0 Å². The lowest BCUT2D eigenvalue weighted by Crippen LogP contribution is -2.70. The molecule has 4 heterocycles. The third-order valence-corrected chi connectivity index (χ3v) is 8.84. The smallest absolute Gasteiger partial charge is 0.352 e. The second kappa shape index (κ2) is 10.2. The molecule has 33 heavy (non-hydrogen) atoms. The van der Waals surface area contributed by atoms with Crippen LogP contribution in [0.15, 0.2) is 32.0 Å². The molecule has 3 amide bonds. The molecule has 0 saturated carbocycles. The molecule has 3 N–H and O–H groups in total. The van der Waals surface area contributed by atoms with Crippen LogP contribution in [0.4, 0.5) is 5.13 Å². The van der Waals surface area contributed by atoms with E-state index in [9.17, 15) is 24.3 Å². The van der Waals surface area contributed by atoms with Crippen molar-refractivity contribution in [3.8, 4) is 0 Å². The van der Waals surface area contributed by atoms with Gasteiger partial charge < -0.3 is 15.7 Å². The van der Waals surface area contributed by atoms with Crippen LogP contribution in [-0.4, -0.2) is 72.3 Å². The van der Waals surface area contributed by atoms with Gasteiger partial charge in [0.1, 0.15) is 22.6 Å². The van der Waals surface area contributed by atoms with Crippen molar-refractivity contribution in [2.45, 2.75) is 15.8 Å². The first kappa shape index (κ1) is 23.7. The summed E-state index contributed by atoms with van der Waals surface area (Å²) in [5, 5.41) is 23.7. The SMILES string of the molecule is O=CNc1nc(C(=CCl)C(=O)NC2C(=O)N3C(C(=O)O)=C(CSc4nncs4)CS[C@H]23)cs1. The number of aromatic nitrogens is 3. The maximum atomic E-state index is 12.8. The number of amides is 3. The number of hydrogen-bond donors (Lipinski definition) is 3. The summed E-state index contributed by atoms with van der Waals surface area (Å²) in [5.74, 6) is -1.61. The number of anilines is 1. The van der Waals surface area contributed by atoms with Crippen molar-refractivity contribution < 1.29 is 24.3 Å². The van der Waals surface area contributed by atoms with Gasteiger partial charge in [-0.2, -0.15) is 0 Å². The Kier molecular flexibility index (Phi) is 7.33. The number of β-lactam (4-membered cyclic amide) rings is 1. The zero-order valence-electron chi connectivity index (χ0n) is 16.3. The van der Waals surface area contributed by atoms with Gasteiger partial charge in [-0.05, 0) is 5.57 Å². The fourth-order valence-electron chi connectivity index (χ4n) is 3.12. The predicted molar refractivity (Wildman–Crippen MR) is 126 cm³/mol. The van der Waals surface area contributed by atoms with Gasteiger partial charge >= 0.3 is 5.97 Å². The van der Waals surface area contributed by atoms with Crippen molar-refractivity contribution in [2.24, 2.45) is 0 Å². The molecule has 4 rings (SSSR count). The highest BCUT2D eigenvalue weighted by Crippen LogP contribution is 2.42. The molecule has 0 aromatic carbocycles. The second-order valence-electron chi connectivity index (χ2n) is 6.43. The van der Waals surface area contributed by atoms with E-state index in [2.05, 4.69) is 25.8 Å². The number of nitrogens with one attached hydrogen (secondary N) is 2. The number of rotatable bonds is 9. The second-order valence-corrected chi connectivity index (χ2v) is 10.7. The summed E-state index contributed by atoms with van der Waals surface area (Å²) in [4.78, 5) is 53.4. The van der Waals surface area contributed by atoms with Crippen molar-refractivity contribution in [2.75, 3.05) is 16.8 Å². The third-order valence-electron chi connectivity index (χ3n) is 4.56. The number of carbonyl (C=O) groups is 4. The number of aliphatic carboxylic acids is 1. The van der Waals surface area contributed by atoms with Crippen LogP contribution in [0, 0.1) is 0 Å². The Labute approximate surface area is 207 Å². The van der Waals surface area contributed by atoms with Crippen LogP contribution in [0.5, 0.6) is 0 Å². The molecule has 2 aliphatic heterocycles. The van der Waals surface area contributed by atoms with Crippen LogP contribution in [-0.2, 0) is 19.2 Å². The van der Waals surface area contributed by atoms with Gasteiger partial charge in [0.25, 0.3) is 11.8 Å². The van der Waals surface area contributed by atoms with E-state index >= 15 is 0 Å². The molecule has 2 aliphatic rings. The van der Waals surface area contributed by atoms with Crippen LogP contribution < -0.4 is 10.6 Å². The number of fused-ring (bicyclic) bond motifs is 1. The number of nitrogens with zero attached hydrogens (tertiary/aromatic N) is 4. The van der Waals surface area contributed by atoms with E-state index in [1.54, 1.807) is 5.51 Å². The Hall–Kier alpha value is -2.46. The molecule has 11 nitrogen and oxygen atoms in total. The number of halogens is 1. The van der Waals surface area contributed by atoms with Crippen LogP contribution in [0.3, 0.4) is 0 Å². The minimum Gasteiger partial charge on any atom is -0.477 e. The summed E-state index contributed by atoms with van der Waals surface area (Å²) in [5.41, 5.74) is 3.40. The van der Waals surface area contributed by atoms with E-state index in [0.717, 1.165) is 16.9 Å². The summed E-state index contributed by atoms with van der Waals surface area (Å²) < 4.78 is 0.702. The highest BCUT2D eigenvalue weighted by Gasteiger charge is 2.54. The van der Waals surface area contributed by atoms with Crippen molar-refractivity contribution >= 4 is 92.7 Å². The highest BCUT2D eigenvalue weighted by molar-refractivity contribution is 8.01. The largest absolute Gasteiger partial charge is 0.477 e. The van der Waals surface area contributed by atoms with E-state index in [4.69, 9.17) is 11.6 Å². The number of hydrogen-bond acceptors (Lipinski definition) is 11. The number of thioether (sulfide) groups is 2. The molecule has 1 saturated heterocycles. The molecule has 0 bridgehead atoms. The third kappa shape index (κ3) is 4.77. The van der Waals surface area contributed by atoms with E-state index < -0.39 is 29.2 Å². The maximum absolute atomic E-state index is 12.8. The van der Waals surface area contributed by atoms with Gasteiger partial charge in [-0.25, -0.2) is 9.78 Å². The summed E-state index contributed by atoms with van der Waals surface area (Å²) in [6, 6.07) is -0.910. The normalized spacial score (nSPS) is 20.2. The Morgan fingerprint density at radius 1 is 1.39 bits per heavy atom. The molecule has 1 fully saturated rings. The topological polar surface area (TPSA) is 154 Å². The maximum Gasteiger partial charge on any atom is 0.352 e. The van der Waals surface area contributed by atoms with Gasteiger partial charge in [-0.1, -0.05) is 34.7 Å². The summed E-state index contributed by atoms with van der Waals surface area (Å²) >= 11 is 11.0. The molecule has 2 aromatic heterocycles. The number of carbonyl (C=O) groups excluding carboxylic acids is 3. The summed E-state index contributed by atoms with van der Waals surface area (Å²) in [6.45, 7) is 0. The quantitative estimate of drug-likeness (QED) is 0.184. The average molecular weight is 545 g/mol. The fourth-order valence-corrected chi connectivity index (χ4v) is 6.98. The summed E-state index contributed by atoms with van der Waals surface area (Å²) in [7, 11) is 0. The lowest BCUT2D eigenvalue weighted by atomic mass is 10.0. The van der Waals surface area contributed by atoms with Crippen molar-refractivity contribution in [3.63, 3.8) is 0 Å². The average Bonchev–Trinajstić information content (AvgIpc) is 3.48. The van der Waals surface area contributed by atoms with Gasteiger partial charge in [0.2, 0.25) is 6.41 Å². The van der Waals surface area contributed by atoms with Gasteiger partial charge in [0.15, 0.2) is 9.47 Å². The van der Waals surface area contributed by atoms with Crippen molar-refractivity contribution in [3.05, 3.63) is 33.4 Å². The van der Waals surface area contributed by atoms with Crippen LogP contribution in [0.1, 0.15) is 5.69 Å². The Bertz CT molecular complexity index is 1170. The van der Waals surface area contributed by atoms with E-state index in [0.29, 0.717) is 27.8 Å². The molecule has 0 spiro atoms. The molecule has 0 radical (unpaired) electrons. The minimum atomic E-state index is -1.20. The Morgan fingerprint density at radius 3 is 2.88 bits per heavy atom. The van der Waals surface area contributed by atoms with Crippen LogP contribution >= 0.6 is 57.8 Å².